The van der Waals surface area contributed by atoms with Crippen LogP contribution in [0.5, 0.6) is 0 Å². The fraction of sp³-hybridized carbons (Fsp3) is 0.0588. The lowest BCUT2D eigenvalue weighted by molar-refractivity contribution is 0.653. The molecule has 9 aromatic rings. The van der Waals surface area contributed by atoms with Crippen LogP contribution in [0.25, 0.3) is 66.4 Å². The molecule has 8 aromatic carbocycles. The normalized spacial score (nSPS) is 12.9. The summed E-state index contributed by atoms with van der Waals surface area (Å²) in [7, 11) is 0. The standard InChI is InChI=1S/C51H37NO/c1-51(2)44-23-13-12-21-41(44)48-45(51)33-43(38-19-10-5-11-20-38)47-42-22-14-24-46(49(42)53-50(47)48)52(39-29-25-36(26-30-39)34-15-6-3-7-16-34)40-31-27-37(28-32-40)35-17-8-4-9-18-35/h3-33H,1-2H3. The molecule has 0 saturated carbocycles. The Morgan fingerprint density at radius 1 is 0.415 bits per heavy atom. The van der Waals surface area contributed by atoms with Crippen LogP contribution in [0, 0.1) is 0 Å². The summed E-state index contributed by atoms with van der Waals surface area (Å²) in [4.78, 5) is 2.34. The van der Waals surface area contributed by atoms with Gasteiger partial charge in [-0.3, -0.25) is 0 Å². The Kier molecular flexibility index (Phi) is 7.19. The minimum atomic E-state index is -0.168. The van der Waals surface area contributed by atoms with Gasteiger partial charge in [-0.05, 0) is 86.5 Å². The van der Waals surface area contributed by atoms with E-state index in [1.165, 1.54) is 55.6 Å². The van der Waals surface area contributed by atoms with E-state index in [9.17, 15) is 0 Å². The summed E-state index contributed by atoms with van der Waals surface area (Å²) < 4.78 is 7.31. The lowest BCUT2D eigenvalue weighted by Crippen LogP contribution is -2.15. The van der Waals surface area contributed by atoms with Crippen molar-refractivity contribution in [1.82, 2.24) is 0 Å². The summed E-state index contributed by atoms with van der Waals surface area (Å²) >= 11 is 0. The zero-order valence-electron chi connectivity index (χ0n) is 29.8. The highest BCUT2D eigenvalue weighted by Crippen LogP contribution is 2.55. The Morgan fingerprint density at radius 2 is 0.925 bits per heavy atom. The predicted molar refractivity (Wildman–Crippen MR) is 222 cm³/mol. The highest BCUT2D eigenvalue weighted by atomic mass is 16.3. The summed E-state index contributed by atoms with van der Waals surface area (Å²) in [6.45, 7) is 4.68. The molecule has 0 N–H and O–H groups in total. The molecule has 0 atom stereocenters. The third kappa shape index (κ3) is 5.02. The maximum Gasteiger partial charge on any atom is 0.159 e. The largest absolute Gasteiger partial charge is 0.453 e. The molecule has 0 aliphatic heterocycles. The molecular formula is C51H37NO. The lowest BCUT2D eigenvalue weighted by Gasteiger charge is -2.26. The molecule has 0 bridgehead atoms. The van der Waals surface area contributed by atoms with Gasteiger partial charge in [0.2, 0.25) is 0 Å². The van der Waals surface area contributed by atoms with Crippen LogP contribution in [-0.2, 0) is 5.41 Å². The van der Waals surface area contributed by atoms with Crippen LogP contribution in [0.4, 0.5) is 17.1 Å². The molecule has 1 aliphatic carbocycles. The van der Waals surface area contributed by atoms with Gasteiger partial charge in [0.25, 0.3) is 0 Å². The van der Waals surface area contributed by atoms with Gasteiger partial charge in [0.1, 0.15) is 5.58 Å². The van der Waals surface area contributed by atoms with E-state index < -0.39 is 0 Å². The Bertz CT molecular complexity index is 2680. The zero-order valence-corrected chi connectivity index (χ0v) is 29.8. The van der Waals surface area contributed by atoms with Gasteiger partial charge in [-0.2, -0.15) is 0 Å². The second-order valence-electron chi connectivity index (χ2n) is 14.5. The van der Waals surface area contributed by atoms with Gasteiger partial charge in [0, 0.05) is 33.1 Å². The van der Waals surface area contributed by atoms with Crippen molar-refractivity contribution in [3.05, 3.63) is 199 Å². The molecule has 1 heterocycles. The minimum absolute atomic E-state index is 0.168. The van der Waals surface area contributed by atoms with Crippen LogP contribution in [0.2, 0.25) is 0 Å². The number of benzene rings is 8. The first-order chi connectivity index (χ1) is 26.1. The van der Waals surface area contributed by atoms with E-state index in [-0.39, 0.29) is 5.41 Å². The van der Waals surface area contributed by atoms with E-state index in [0.717, 1.165) is 39.0 Å². The topological polar surface area (TPSA) is 16.4 Å². The van der Waals surface area contributed by atoms with Crippen molar-refractivity contribution in [3.8, 4) is 44.5 Å². The van der Waals surface area contributed by atoms with Gasteiger partial charge in [-0.25, -0.2) is 0 Å². The molecule has 252 valence electrons. The summed E-state index contributed by atoms with van der Waals surface area (Å²) in [5.41, 5.74) is 17.0. The zero-order chi connectivity index (χ0) is 35.5. The second kappa shape index (κ2) is 12.3. The number of rotatable bonds is 6. The Hall–Kier alpha value is -6.64. The first-order valence-corrected chi connectivity index (χ1v) is 18.4. The molecule has 53 heavy (non-hydrogen) atoms. The van der Waals surface area contributed by atoms with Crippen molar-refractivity contribution >= 4 is 39.0 Å². The van der Waals surface area contributed by atoms with Crippen LogP contribution >= 0.6 is 0 Å². The van der Waals surface area contributed by atoms with E-state index >= 15 is 0 Å². The van der Waals surface area contributed by atoms with E-state index in [4.69, 9.17) is 4.42 Å². The highest BCUT2D eigenvalue weighted by molar-refractivity contribution is 6.20. The molecule has 0 spiro atoms. The molecule has 0 amide bonds. The molecule has 0 fully saturated rings. The third-order valence-corrected chi connectivity index (χ3v) is 11.1. The average Bonchev–Trinajstić information content (AvgIpc) is 3.72. The molecular weight excluding hydrogens is 643 g/mol. The van der Waals surface area contributed by atoms with Gasteiger partial charge < -0.3 is 9.32 Å². The van der Waals surface area contributed by atoms with Crippen molar-refractivity contribution in [2.75, 3.05) is 4.90 Å². The number of anilines is 3. The molecule has 0 unspecified atom stereocenters. The second-order valence-corrected chi connectivity index (χ2v) is 14.5. The number of nitrogens with zero attached hydrogens (tertiary/aromatic N) is 1. The number of furan rings is 1. The first kappa shape index (κ1) is 31.1. The van der Waals surface area contributed by atoms with Crippen LogP contribution in [-0.4, -0.2) is 0 Å². The smallest absolute Gasteiger partial charge is 0.159 e. The molecule has 0 radical (unpaired) electrons. The SMILES string of the molecule is CC1(C)c2ccccc2-c2c1cc(-c1ccccc1)c1c2oc2c(N(c3ccc(-c4ccccc4)cc3)c3ccc(-c4ccccc4)cc3)cccc21. The summed E-state index contributed by atoms with van der Waals surface area (Å²) in [6.07, 6.45) is 0. The fourth-order valence-electron chi connectivity index (χ4n) is 8.43. The first-order valence-electron chi connectivity index (χ1n) is 18.4. The van der Waals surface area contributed by atoms with Gasteiger partial charge >= 0.3 is 0 Å². The Balaban J connectivity index is 1.23. The van der Waals surface area contributed by atoms with Crippen molar-refractivity contribution in [2.24, 2.45) is 0 Å². The van der Waals surface area contributed by atoms with E-state index in [2.05, 4.69) is 207 Å². The molecule has 10 rings (SSSR count). The van der Waals surface area contributed by atoms with Crippen molar-refractivity contribution in [2.45, 2.75) is 19.3 Å². The number of fused-ring (bicyclic) bond motifs is 7. The Labute approximate surface area is 310 Å². The van der Waals surface area contributed by atoms with Crippen molar-refractivity contribution in [3.63, 3.8) is 0 Å². The quantitative estimate of drug-likeness (QED) is 0.174. The lowest BCUT2D eigenvalue weighted by atomic mass is 9.81. The molecule has 2 heteroatoms. The molecule has 0 saturated heterocycles. The summed E-state index contributed by atoms with van der Waals surface area (Å²) in [5, 5.41) is 2.26. The predicted octanol–water partition coefficient (Wildman–Crippen LogP) is 14.4. The average molecular weight is 680 g/mol. The third-order valence-electron chi connectivity index (χ3n) is 11.1. The van der Waals surface area contributed by atoms with Gasteiger partial charge in [0.05, 0.1) is 5.69 Å². The maximum absolute atomic E-state index is 7.31. The van der Waals surface area contributed by atoms with Crippen LogP contribution in [0.15, 0.2) is 192 Å². The number of para-hydroxylation sites is 1. The minimum Gasteiger partial charge on any atom is -0.453 e. The van der Waals surface area contributed by atoms with E-state index in [1.54, 1.807) is 0 Å². The maximum atomic E-state index is 7.31. The summed E-state index contributed by atoms with van der Waals surface area (Å²) in [5.74, 6) is 0. The Morgan fingerprint density at radius 3 is 1.51 bits per heavy atom. The molecule has 1 aliphatic rings. The van der Waals surface area contributed by atoms with Crippen LogP contribution < -0.4 is 4.90 Å². The van der Waals surface area contributed by atoms with Gasteiger partial charge in [-0.15, -0.1) is 0 Å². The highest BCUT2D eigenvalue weighted by Gasteiger charge is 2.39. The summed E-state index contributed by atoms with van der Waals surface area (Å²) in [6, 6.07) is 67.5. The van der Waals surface area contributed by atoms with E-state index in [0.29, 0.717) is 0 Å². The number of hydrogen-bond donors (Lipinski definition) is 0. The van der Waals surface area contributed by atoms with Crippen molar-refractivity contribution in [1.29, 1.82) is 0 Å². The van der Waals surface area contributed by atoms with Gasteiger partial charge in [-0.1, -0.05) is 166 Å². The fourth-order valence-corrected chi connectivity index (χ4v) is 8.43. The van der Waals surface area contributed by atoms with E-state index in [1.807, 2.05) is 0 Å². The van der Waals surface area contributed by atoms with Crippen LogP contribution in [0.1, 0.15) is 25.0 Å². The van der Waals surface area contributed by atoms with Crippen LogP contribution in [0.3, 0.4) is 0 Å². The van der Waals surface area contributed by atoms with Crippen molar-refractivity contribution < 1.29 is 4.42 Å². The monoisotopic (exact) mass is 679 g/mol. The molecule has 1 aromatic heterocycles. The molecule has 2 nitrogen and oxygen atoms in total. The van der Waals surface area contributed by atoms with Gasteiger partial charge in [0.15, 0.2) is 5.58 Å². The number of hydrogen-bond acceptors (Lipinski definition) is 2.